The zero-order valence-electron chi connectivity index (χ0n) is 15.8. The molecule has 0 saturated carbocycles. The lowest BCUT2D eigenvalue weighted by atomic mass is 10.1. The number of nitrogens with zero attached hydrogens (tertiary/aromatic N) is 3. The first-order valence-corrected chi connectivity index (χ1v) is 10.5. The van der Waals surface area contributed by atoms with Gasteiger partial charge in [-0.15, -0.1) is 11.3 Å². The van der Waals surface area contributed by atoms with Gasteiger partial charge in [-0.2, -0.15) is 0 Å². The fourth-order valence-corrected chi connectivity index (χ4v) is 5.21. The smallest absolute Gasteiger partial charge is 0.271 e. The first-order valence-electron chi connectivity index (χ1n) is 9.58. The fourth-order valence-electron chi connectivity index (χ4n) is 4.51. The monoisotopic (exact) mass is 393 g/mol. The highest BCUT2D eigenvalue weighted by Crippen LogP contribution is 2.35. The third kappa shape index (κ3) is 3.02. The highest BCUT2D eigenvalue weighted by molar-refractivity contribution is 7.09. The molecule has 2 aliphatic rings. The Hall–Kier alpha value is -2.57. The van der Waals surface area contributed by atoms with Crippen LogP contribution in [0.15, 0.2) is 60.1 Å². The molecule has 5 nitrogen and oxygen atoms in total. The van der Waals surface area contributed by atoms with Crippen LogP contribution in [0.5, 0.6) is 5.75 Å². The molecule has 0 unspecified atom stereocenters. The summed E-state index contributed by atoms with van der Waals surface area (Å²) in [7, 11) is 1.70. The number of likely N-dealkylation sites (tertiary alicyclic amines) is 1. The lowest BCUT2D eigenvalue weighted by Gasteiger charge is -2.38. The van der Waals surface area contributed by atoms with Gasteiger partial charge in [0.1, 0.15) is 11.4 Å². The molecule has 1 aromatic carbocycles. The molecule has 28 heavy (non-hydrogen) atoms. The Morgan fingerprint density at radius 3 is 2.79 bits per heavy atom. The second kappa shape index (κ2) is 7.11. The number of hydrogen-bond donors (Lipinski definition) is 0. The number of methoxy groups -OCH3 is 1. The number of rotatable bonds is 5. The van der Waals surface area contributed by atoms with Crippen LogP contribution in [0.25, 0.3) is 0 Å². The zero-order valence-corrected chi connectivity index (χ0v) is 16.6. The van der Waals surface area contributed by atoms with Crippen molar-refractivity contribution in [3.05, 3.63) is 76.2 Å². The molecule has 0 bridgehead atoms. The minimum atomic E-state index is 0.142. The van der Waals surface area contributed by atoms with Crippen molar-refractivity contribution in [2.75, 3.05) is 20.2 Å². The third-order valence-corrected chi connectivity index (χ3v) is 6.66. The van der Waals surface area contributed by atoms with E-state index in [1.54, 1.807) is 18.4 Å². The Morgan fingerprint density at radius 1 is 1.07 bits per heavy atom. The number of amides is 1. The SMILES string of the molecule is COc1cccc(CN2C[C@@H]3[C@@H](C2)n2cccc2C(=O)N3Cc2cccs2)c1. The van der Waals surface area contributed by atoms with Crippen LogP contribution in [0.3, 0.4) is 0 Å². The van der Waals surface area contributed by atoms with Gasteiger partial charge in [0.15, 0.2) is 0 Å². The number of hydrogen-bond acceptors (Lipinski definition) is 4. The zero-order chi connectivity index (χ0) is 19.1. The number of thiophene rings is 1. The molecule has 2 atom stereocenters. The molecule has 1 saturated heterocycles. The number of carbonyl (C=O) groups excluding carboxylic acids is 1. The number of ether oxygens (including phenoxy) is 1. The van der Waals surface area contributed by atoms with E-state index in [0.29, 0.717) is 12.6 Å². The Morgan fingerprint density at radius 2 is 1.96 bits per heavy atom. The predicted molar refractivity (Wildman–Crippen MR) is 110 cm³/mol. The van der Waals surface area contributed by atoms with Gasteiger partial charge >= 0.3 is 0 Å². The summed E-state index contributed by atoms with van der Waals surface area (Å²) in [6.07, 6.45) is 2.06. The lowest BCUT2D eigenvalue weighted by Crippen LogP contribution is -2.49. The van der Waals surface area contributed by atoms with Gasteiger partial charge in [-0.05, 0) is 41.3 Å². The van der Waals surface area contributed by atoms with Gasteiger partial charge in [0.05, 0.1) is 25.7 Å². The minimum Gasteiger partial charge on any atom is -0.497 e. The average Bonchev–Trinajstić information content (AvgIpc) is 3.45. The van der Waals surface area contributed by atoms with Crippen LogP contribution in [-0.4, -0.2) is 46.5 Å². The summed E-state index contributed by atoms with van der Waals surface area (Å²) in [6.45, 7) is 3.38. The molecular weight excluding hydrogens is 370 g/mol. The normalized spacial score (nSPS) is 21.6. The first kappa shape index (κ1) is 17.5. The maximum Gasteiger partial charge on any atom is 0.271 e. The molecule has 3 aromatic rings. The van der Waals surface area contributed by atoms with Crippen LogP contribution >= 0.6 is 11.3 Å². The van der Waals surface area contributed by atoms with E-state index >= 15 is 0 Å². The summed E-state index contributed by atoms with van der Waals surface area (Å²) < 4.78 is 7.55. The van der Waals surface area contributed by atoms with Gasteiger partial charge in [-0.25, -0.2) is 0 Å². The minimum absolute atomic E-state index is 0.142. The van der Waals surface area contributed by atoms with Crippen molar-refractivity contribution in [3.8, 4) is 5.75 Å². The Kier molecular flexibility index (Phi) is 4.45. The van der Waals surface area contributed by atoms with Crippen molar-refractivity contribution in [2.45, 2.75) is 25.2 Å². The van der Waals surface area contributed by atoms with Gasteiger partial charge in [0.25, 0.3) is 5.91 Å². The molecule has 1 fully saturated rings. The van der Waals surface area contributed by atoms with Crippen molar-refractivity contribution >= 4 is 17.2 Å². The lowest BCUT2D eigenvalue weighted by molar-refractivity contribution is 0.0559. The molecule has 2 aromatic heterocycles. The quantitative estimate of drug-likeness (QED) is 0.664. The van der Waals surface area contributed by atoms with E-state index < -0.39 is 0 Å². The summed E-state index contributed by atoms with van der Waals surface area (Å²) in [4.78, 5) is 18.9. The molecule has 1 amide bonds. The van der Waals surface area contributed by atoms with Crippen LogP contribution in [0.2, 0.25) is 0 Å². The number of carbonyl (C=O) groups is 1. The Bertz CT molecular complexity index is 981. The van der Waals surface area contributed by atoms with Crippen molar-refractivity contribution in [3.63, 3.8) is 0 Å². The average molecular weight is 394 g/mol. The maximum atomic E-state index is 13.2. The van der Waals surface area contributed by atoms with Crippen LogP contribution in [0.1, 0.15) is 27.0 Å². The molecule has 144 valence electrons. The molecule has 5 rings (SSSR count). The summed E-state index contributed by atoms with van der Waals surface area (Å²) in [6, 6.07) is 16.8. The molecule has 0 N–H and O–H groups in total. The summed E-state index contributed by atoms with van der Waals surface area (Å²) >= 11 is 1.72. The highest BCUT2D eigenvalue weighted by Gasteiger charge is 2.44. The van der Waals surface area contributed by atoms with Crippen LogP contribution < -0.4 is 4.74 Å². The van der Waals surface area contributed by atoms with E-state index in [-0.39, 0.29) is 11.9 Å². The van der Waals surface area contributed by atoms with E-state index in [4.69, 9.17) is 4.74 Å². The molecule has 2 aliphatic heterocycles. The van der Waals surface area contributed by atoms with Crippen molar-refractivity contribution in [1.82, 2.24) is 14.4 Å². The van der Waals surface area contributed by atoms with E-state index in [2.05, 4.69) is 50.2 Å². The summed E-state index contributed by atoms with van der Waals surface area (Å²) in [5.41, 5.74) is 2.04. The molecule has 0 radical (unpaired) electrons. The highest BCUT2D eigenvalue weighted by atomic mass is 32.1. The van der Waals surface area contributed by atoms with E-state index in [9.17, 15) is 4.79 Å². The van der Waals surface area contributed by atoms with E-state index in [0.717, 1.165) is 31.1 Å². The molecule has 4 heterocycles. The van der Waals surface area contributed by atoms with Gasteiger partial charge in [-0.3, -0.25) is 9.69 Å². The topological polar surface area (TPSA) is 37.7 Å². The molecular formula is C22H23N3O2S. The van der Waals surface area contributed by atoms with Crippen LogP contribution in [-0.2, 0) is 13.1 Å². The van der Waals surface area contributed by atoms with Crippen molar-refractivity contribution < 1.29 is 9.53 Å². The van der Waals surface area contributed by atoms with Crippen LogP contribution in [0, 0.1) is 0 Å². The molecule has 6 heteroatoms. The maximum absolute atomic E-state index is 13.2. The van der Waals surface area contributed by atoms with Gasteiger partial charge in [-0.1, -0.05) is 18.2 Å². The second-order valence-corrected chi connectivity index (χ2v) is 8.53. The Balaban J connectivity index is 1.41. The van der Waals surface area contributed by atoms with Gasteiger partial charge in [0, 0.05) is 30.7 Å². The van der Waals surface area contributed by atoms with Crippen LogP contribution in [0.4, 0.5) is 0 Å². The van der Waals surface area contributed by atoms with Crippen molar-refractivity contribution in [1.29, 1.82) is 0 Å². The first-order chi connectivity index (χ1) is 13.7. The van der Waals surface area contributed by atoms with Crippen molar-refractivity contribution in [2.24, 2.45) is 0 Å². The third-order valence-electron chi connectivity index (χ3n) is 5.80. The largest absolute Gasteiger partial charge is 0.497 e. The summed E-state index contributed by atoms with van der Waals surface area (Å²) in [5, 5.41) is 2.08. The molecule has 0 spiro atoms. The standard InChI is InChI=1S/C22H23N3O2S/c1-27-17-6-2-5-16(11-17)12-23-14-20-21(15-23)25(13-18-7-4-10-28-18)22(26)19-8-3-9-24(19)20/h2-11,20-21H,12-15H2,1H3/t20-,21-/m1/s1. The second-order valence-electron chi connectivity index (χ2n) is 7.49. The van der Waals surface area contributed by atoms with E-state index in [1.807, 2.05) is 24.3 Å². The summed E-state index contributed by atoms with van der Waals surface area (Å²) in [5.74, 6) is 1.03. The fraction of sp³-hybridized carbons (Fsp3) is 0.318. The van der Waals surface area contributed by atoms with Gasteiger partial charge in [0.2, 0.25) is 0 Å². The predicted octanol–water partition coefficient (Wildman–Crippen LogP) is 3.64. The van der Waals surface area contributed by atoms with E-state index in [1.165, 1.54) is 10.4 Å². The number of fused-ring (bicyclic) bond motifs is 3. The Labute approximate surface area is 168 Å². The van der Waals surface area contributed by atoms with Gasteiger partial charge < -0.3 is 14.2 Å². The number of benzene rings is 1. The molecule has 0 aliphatic carbocycles. The number of aromatic nitrogens is 1.